The quantitative estimate of drug-likeness (QED) is 0.801. The van der Waals surface area contributed by atoms with Crippen LogP contribution in [0.5, 0.6) is 0 Å². The van der Waals surface area contributed by atoms with E-state index in [2.05, 4.69) is 18.5 Å². The zero-order valence-corrected chi connectivity index (χ0v) is 12.0. The molecule has 1 aliphatic carbocycles. The van der Waals surface area contributed by atoms with Crippen molar-refractivity contribution < 1.29 is 4.39 Å². The van der Waals surface area contributed by atoms with Crippen molar-refractivity contribution in [3.05, 3.63) is 35.6 Å². The standard InChI is InChI=1S/C15H22FNS/c1-11(18-2)9-10-17-15(12-3-4-12)13-5-7-14(16)8-6-13/h5-8,11-12,15,17H,3-4,9-10H2,1-2H3. The van der Waals surface area contributed by atoms with Gasteiger partial charge >= 0.3 is 0 Å². The van der Waals surface area contributed by atoms with Crippen molar-refractivity contribution in [1.29, 1.82) is 0 Å². The van der Waals surface area contributed by atoms with Gasteiger partial charge in [-0.05, 0) is 55.7 Å². The molecule has 1 aliphatic rings. The third-order valence-electron chi connectivity index (χ3n) is 3.64. The van der Waals surface area contributed by atoms with Crippen LogP contribution in [0.15, 0.2) is 24.3 Å². The van der Waals surface area contributed by atoms with Crippen molar-refractivity contribution >= 4 is 11.8 Å². The molecule has 2 atom stereocenters. The summed E-state index contributed by atoms with van der Waals surface area (Å²) in [5, 5.41) is 4.35. The van der Waals surface area contributed by atoms with Gasteiger partial charge in [-0.15, -0.1) is 0 Å². The monoisotopic (exact) mass is 267 g/mol. The molecule has 0 radical (unpaired) electrons. The zero-order chi connectivity index (χ0) is 13.0. The number of rotatable bonds is 7. The Labute approximate surface area is 114 Å². The lowest BCUT2D eigenvalue weighted by atomic mass is 10.0. The Balaban J connectivity index is 1.90. The van der Waals surface area contributed by atoms with Crippen LogP contribution in [-0.4, -0.2) is 18.1 Å². The summed E-state index contributed by atoms with van der Waals surface area (Å²) in [6.45, 7) is 3.30. The SMILES string of the molecule is CSC(C)CCNC(c1ccc(F)cc1)C1CC1. The van der Waals surface area contributed by atoms with Gasteiger partial charge in [0.05, 0.1) is 0 Å². The second-order valence-corrected chi connectivity index (χ2v) is 6.43. The van der Waals surface area contributed by atoms with E-state index < -0.39 is 0 Å². The average Bonchev–Trinajstić information content (AvgIpc) is 3.20. The van der Waals surface area contributed by atoms with Gasteiger partial charge in [0.15, 0.2) is 0 Å². The van der Waals surface area contributed by atoms with E-state index in [4.69, 9.17) is 0 Å². The predicted octanol–water partition coefficient (Wildman–Crippen LogP) is 4.01. The molecule has 1 aromatic carbocycles. The first-order valence-corrected chi connectivity index (χ1v) is 8.01. The summed E-state index contributed by atoms with van der Waals surface area (Å²) < 4.78 is 12.9. The number of thioether (sulfide) groups is 1. The molecule has 1 fully saturated rings. The lowest BCUT2D eigenvalue weighted by Crippen LogP contribution is -2.25. The lowest BCUT2D eigenvalue weighted by molar-refractivity contribution is 0.474. The third kappa shape index (κ3) is 3.99. The molecule has 0 amide bonds. The summed E-state index contributed by atoms with van der Waals surface area (Å²) in [5.41, 5.74) is 1.23. The van der Waals surface area contributed by atoms with Gasteiger partial charge in [-0.3, -0.25) is 0 Å². The van der Waals surface area contributed by atoms with E-state index in [0.29, 0.717) is 11.3 Å². The van der Waals surface area contributed by atoms with Crippen molar-refractivity contribution in [2.75, 3.05) is 12.8 Å². The van der Waals surface area contributed by atoms with Gasteiger partial charge in [-0.1, -0.05) is 19.1 Å². The van der Waals surface area contributed by atoms with Crippen molar-refractivity contribution in [3.63, 3.8) is 0 Å². The molecule has 2 unspecified atom stereocenters. The van der Waals surface area contributed by atoms with Gasteiger partial charge in [0.25, 0.3) is 0 Å². The third-order valence-corrected chi connectivity index (χ3v) is 4.68. The van der Waals surface area contributed by atoms with Crippen LogP contribution in [-0.2, 0) is 0 Å². The van der Waals surface area contributed by atoms with Crippen LogP contribution in [0.2, 0.25) is 0 Å². The van der Waals surface area contributed by atoms with E-state index in [1.54, 1.807) is 12.1 Å². The van der Waals surface area contributed by atoms with Gasteiger partial charge in [0.1, 0.15) is 5.82 Å². The van der Waals surface area contributed by atoms with Crippen molar-refractivity contribution in [2.45, 2.75) is 37.5 Å². The number of nitrogens with one attached hydrogen (secondary N) is 1. The predicted molar refractivity (Wildman–Crippen MR) is 77.5 cm³/mol. The molecule has 0 aromatic heterocycles. The summed E-state index contributed by atoms with van der Waals surface area (Å²) in [6, 6.07) is 7.39. The van der Waals surface area contributed by atoms with E-state index in [9.17, 15) is 4.39 Å². The van der Waals surface area contributed by atoms with Crippen LogP contribution < -0.4 is 5.32 Å². The van der Waals surface area contributed by atoms with Crippen LogP contribution >= 0.6 is 11.8 Å². The molecule has 0 heterocycles. The Morgan fingerprint density at radius 3 is 2.56 bits per heavy atom. The Morgan fingerprint density at radius 2 is 2.00 bits per heavy atom. The highest BCUT2D eigenvalue weighted by Gasteiger charge is 2.31. The fraction of sp³-hybridized carbons (Fsp3) is 0.600. The van der Waals surface area contributed by atoms with Crippen LogP contribution in [0.1, 0.15) is 37.8 Å². The highest BCUT2D eigenvalue weighted by Crippen LogP contribution is 2.41. The van der Waals surface area contributed by atoms with Crippen molar-refractivity contribution in [2.24, 2.45) is 5.92 Å². The van der Waals surface area contributed by atoms with E-state index in [1.807, 2.05) is 23.9 Å². The Morgan fingerprint density at radius 1 is 1.33 bits per heavy atom. The first kappa shape index (κ1) is 13.9. The minimum atomic E-state index is -0.149. The molecule has 1 saturated carbocycles. The van der Waals surface area contributed by atoms with Crippen molar-refractivity contribution in [3.8, 4) is 0 Å². The Bertz CT molecular complexity index is 361. The van der Waals surface area contributed by atoms with Gasteiger partial charge in [-0.2, -0.15) is 11.8 Å². The van der Waals surface area contributed by atoms with E-state index in [-0.39, 0.29) is 5.82 Å². The fourth-order valence-electron chi connectivity index (χ4n) is 2.22. The number of halogens is 1. The van der Waals surface area contributed by atoms with Gasteiger partial charge in [-0.25, -0.2) is 4.39 Å². The molecular weight excluding hydrogens is 245 g/mol. The summed E-state index contributed by atoms with van der Waals surface area (Å²) in [5.74, 6) is 0.601. The molecular formula is C15H22FNS. The molecule has 1 aromatic rings. The molecule has 0 aliphatic heterocycles. The number of hydrogen-bond acceptors (Lipinski definition) is 2. The second kappa shape index (κ2) is 6.58. The molecule has 0 spiro atoms. The van der Waals surface area contributed by atoms with Crippen LogP contribution in [0.4, 0.5) is 4.39 Å². The van der Waals surface area contributed by atoms with Crippen LogP contribution in [0.3, 0.4) is 0 Å². The fourth-order valence-corrected chi connectivity index (χ4v) is 2.57. The molecule has 1 nitrogen and oxygen atoms in total. The molecule has 1 N–H and O–H groups in total. The lowest BCUT2D eigenvalue weighted by Gasteiger charge is -2.20. The minimum absolute atomic E-state index is 0.149. The highest BCUT2D eigenvalue weighted by atomic mass is 32.2. The van der Waals surface area contributed by atoms with E-state index in [1.165, 1.54) is 24.8 Å². The summed E-state index contributed by atoms with van der Waals surface area (Å²) in [6.07, 6.45) is 5.94. The maximum Gasteiger partial charge on any atom is 0.123 e. The zero-order valence-electron chi connectivity index (χ0n) is 11.2. The smallest absolute Gasteiger partial charge is 0.123 e. The average molecular weight is 267 g/mol. The van der Waals surface area contributed by atoms with E-state index >= 15 is 0 Å². The largest absolute Gasteiger partial charge is 0.310 e. The maximum atomic E-state index is 12.9. The molecule has 0 saturated heterocycles. The van der Waals surface area contributed by atoms with Crippen molar-refractivity contribution in [1.82, 2.24) is 5.32 Å². The molecule has 18 heavy (non-hydrogen) atoms. The number of benzene rings is 1. The van der Waals surface area contributed by atoms with Gasteiger partial charge in [0.2, 0.25) is 0 Å². The minimum Gasteiger partial charge on any atom is -0.310 e. The highest BCUT2D eigenvalue weighted by molar-refractivity contribution is 7.99. The van der Waals surface area contributed by atoms with Gasteiger partial charge in [0, 0.05) is 11.3 Å². The van der Waals surface area contributed by atoms with E-state index in [0.717, 1.165) is 12.5 Å². The van der Waals surface area contributed by atoms with Crippen LogP contribution in [0, 0.1) is 11.7 Å². The molecule has 100 valence electrons. The van der Waals surface area contributed by atoms with Crippen LogP contribution in [0.25, 0.3) is 0 Å². The topological polar surface area (TPSA) is 12.0 Å². The molecule has 2 rings (SSSR count). The molecule has 0 bridgehead atoms. The maximum absolute atomic E-state index is 12.9. The Hall–Kier alpha value is -0.540. The second-order valence-electron chi connectivity index (χ2n) is 5.16. The summed E-state index contributed by atoms with van der Waals surface area (Å²) >= 11 is 1.91. The number of hydrogen-bond donors (Lipinski definition) is 1. The first-order valence-electron chi connectivity index (χ1n) is 6.72. The van der Waals surface area contributed by atoms with Gasteiger partial charge < -0.3 is 5.32 Å². The Kier molecular flexibility index (Phi) is 5.07. The summed E-state index contributed by atoms with van der Waals surface area (Å²) in [4.78, 5) is 0. The summed E-state index contributed by atoms with van der Waals surface area (Å²) in [7, 11) is 0. The molecule has 3 heteroatoms. The normalized spacial score (nSPS) is 18.6. The first-order chi connectivity index (χ1) is 8.70.